The molecule has 0 unspecified atom stereocenters. The van der Waals surface area contributed by atoms with Crippen LogP contribution in [0.2, 0.25) is 5.02 Å². The van der Waals surface area contributed by atoms with Crippen molar-refractivity contribution in [1.29, 1.82) is 0 Å². The largest absolute Gasteiger partial charge is 0.351 e. The van der Waals surface area contributed by atoms with E-state index in [2.05, 4.69) is 15.3 Å². The molecule has 1 aliphatic rings. The van der Waals surface area contributed by atoms with Gasteiger partial charge in [-0.2, -0.15) is 4.31 Å². The molecule has 0 bridgehead atoms. The SMILES string of the molecule is Cc1ccc(C(=O)NCC2(c3ncccc3F)CN(S(=O)(=O)c3cccnc3)C2)c(Cl)c1. The molecule has 1 aromatic carbocycles. The van der Waals surface area contributed by atoms with Gasteiger partial charge in [-0.15, -0.1) is 0 Å². The van der Waals surface area contributed by atoms with Crippen molar-refractivity contribution in [3.05, 3.63) is 88.7 Å². The van der Waals surface area contributed by atoms with Crippen LogP contribution in [-0.2, 0) is 15.4 Å². The van der Waals surface area contributed by atoms with Crippen LogP contribution in [0.3, 0.4) is 0 Å². The summed E-state index contributed by atoms with van der Waals surface area (Å²) < 4.78 is 41.7. The molecule has 1 N–H and O–H groups in total. The number of sulfonamides is 1. The highest BCUT2D eigenvalue weighted by Gasteiger charge is 2.52. The first-order valence-corrected chi connectivity index (χ1v) is 11.6. The summed E-state index contributed by atoms with van der Waals surface area (Å²) in [5.41, 5.74) is 0.280. The Morgan fingerprint density at radius 1 is 1.22 bits per heavy atom. The lowest BCUT2D eigenvalue weighted by Crippen LogP contribution is -2.65. The van der Waals surface area contributed by atoms with Crippen molar-refractivity contribution in [3.8, 4) is 0 Å². The summed E-state index contributed by atoms with van der Waals surface area (Å²) in [4.78, 5) is 20.8. The van der Waals surface area contributed by atoms with Crippen LogP contribution in [0.4, 0.5) is 4.39 Å². The van der Waals surface area contributed by atoms with Crippen molar-refractivity contribution in [2.75, 3.05) is 19.6 Å². The topological polar surface area (TPSA) is 92.3 Å². The third-order valence-corrected chi connectivity index (χ3v) is 7.54. The minimum Gasteiger partial charge on any atom is -0.351 e. The summed E-state index contributed by atoms with van der Waals surface area (Å²) in [6, 6.07) is 10.8. The molecule has 1 fully saturated rings. The molecule has 1 aliphatic heterocycles. The van der Waals surface area contributed by atoms with Crippen molar-refractivity contribution < 1.29 is 17.6 Å². The molecule has 0 atom stereocenters. The van der Waals surface area contributed by atoms with Crippen molar-refractivity contribution >= 4 is 27.5 Å². The number of aryl methyl sites for hydroxylation is 1. The number of carbonyl (C=O) groups is 1. The smallest absolute Gasteiger partial charge is 0.252 e. The van der Waals surface area contributed by atoms with Gasteiger partial charge in [0.25, 0.3) is 5.91 Å². The van der Waals surface area contributed by atoms with Crippen molar-refractivity contribution in [2.45, 2.75) is 17.2 Å². The van der Waals surface area contributed by atoms with Gasteiger partial charge >= 0.3 is 0 Å². The fraction of sp³-hybridized carbons (Fsp3) is 0.227. The molecule has 166 valence electrons. The minimum absolute atomic E-state index is 0.0109. The fourth-order valence-corrected chi connectivity index (χ4v) is 5.62. The Labute approximate surface area is 190 Å². The molecule has 7 nitrogen and oxygen atoms in total. The first-order chi connectivity index (χ1) is 15.2. The van der Waals surface area contributed by atoms with E-state index in [1.807, 2.05) is 6.92 Å². The Hall–Kier alpha value is -2.88. The third kappa shape index (κ3) is 4.11. The van der Waals surface area contributed by atoms with E-state index in [1.165, 1.54) is 47.2 Å². The van der Waals surface area contributed by atoms with E-state index in [4.69, 9.17) is 11.6 Å². The molecule has 1 saturated heterocycles. The average molecular weight is 475 g/mol. The zero-order chi connectivity index (χ0) is 22.9. The number of hydrogen-bond donors (Lipinski definition) is 1. The molecule has 0 spiro atoms. The van der Waals surface area contributed by atoms with Gasteiger partial charge in [0.1, 0.15) is 10.7 Å². The summed E-state index contributed by atoms with van der Waals surface area (Å²) in [7, 11) is -3.81. The molecule has 0 saturated carbocycles. The highest BCUT2D eigenvalue weighted by molar-refractivity contribution is 7.89. The number of aromatic nitrogens is 2. The standard InChI is InChI=1S/C22H20ClFN4O3S/c1-15-6-7-17(18(23)10-15)21(29)27-12-22(20-19(24)5-3-9-26-20)13-28(14-22)32(30,31)16-4-2-8-25-11-16/h2-11H,12-14H2,1H3,(H,27,29). The highest BCUT2D eigenvalue weighted by atomic mass is 35.5. The van der Waals surface area contributed by atoms with E-state index in [9.17, 15) is 17.6 Å². The quantitative estimate of drug-likeness (QED) is 0.593. The van der Waals surface area contributed by atoms with E-state index < -0.39 is 27.2 Å². The number of amides is 1. The molecule has 4 rings (SSSR count). The molecule has 3 aromatic rings. The van der Waals surface area contributed by atoms with Crippen molar-refractivity contribution in [2.24, 2.45) is 0 Å². The van der Waals surface area contributed by atoms with Gasteiger partial charge in [-0.1, -0.05) is 17.7 Å². The van der Waals surface area contributed by atoms with E-state index in [1.54, 1.807) is 18.2 Å². The Morgan fingerprint density at radius 3 is 2.62 bits per heavy atom. The van der Waals surface area contributed by atoms with Crippen molar-refractivity contribution in [1.82, 2.24) is 19.6 Å². The molecule has 10 heteroatoms. The predicted molar refractivity (Wildman–Crippen MR) is 117 cm³/mol. The second-order valence-corrected chi connectivity index (χ2v) is 10.1. The lowest BCUT2D eigenvalue weighted by Gasteiger charge is -2.48. The monoisotopic (exact) mass is 474 g/mol. The number of benzene rings is 1. The molecular weight excluding hydrogens is 455 g/mol. The van der Waals surface area contributed by atoms with Gasteiger partial charge in [0.15, 0.2) is 0 Å². The van der Waals surface area contributed by atoms with Crippen LogP contribution >= 0.6 is 11.6 Å². The van der Waals surface area contributed by atoms with Gasteiger partial charge in [0, 0.05) is 38.2 Å². The lowest BCUT2D eigenvalue weighted by molar-refractivity contribution is 0.0895. The first kappa shape index (κ1) is 22.3. The maximum atomic E-state index is 14.6. The van der Waals surface area contributed by atoms with Gasteiger partial charge in [-0.05, 0) is 48.9 Å². The third-order valence-electron chi connectivity index (χ3n) is 5.45. The summed E-state index contributed by atoms with van der Waals surface area (Å²) in [5.74, 6) is -0.993. The van der Waals surface area contributed by atoms with E-state index in [-0.39, 0.29) is 35.8 Å². The van der Waals surface area contributed by atoms with Crippen LogP contribution in [0, 0.1) is 12.7 Å². The van der Waals surface area contributed by atoms with Crippen LogP contribution in [0.5, 0.6) is 0 Å². The fourth-order valence-electron chi connectivity index (χ4n) is 3.72. The molecule has 1 amide bonds. The molecular formula is C22H20ClFN4O3S. The van der Waals surface area contributed by atoms with Crippen LogP contribution in [-0.4, -0.2) is 48.2 Å². The summed E-state index contributed by atoms with van der Waals surface area (Å²) in [6.45, 7) is 1.77. The van der Waals surface area contributed by atoms with Gasteiger partial charge in [0.2, 0.25) is 10.0 Å². The Kier molecular flexibility index (Phi) is 5.98. The molecule has 0 aliphatic carbocycles. The van der Waals surface area contributed by atoms with E-state index >= 15 is 0 Å². The van der Waals surface area contributed by atoms with Gasteiger partial charge in [0.05, 0.1) is 21.7 Å². The van der Waals surface area contributed by atoms with Crippen LogP contribution < -0.4 is 5.32 Å². The van der Waals surface area contributed by atoms with Crippen LogP contribution in [0.15, 0.2) is 66.0 Å². The number of carbonyl (C=O) groups excluding carboxylic acids is 1. The Bertz CT molecular complexity index is 1270. The van der Waals surface area contributed by atoms with Gasteiger partial charge < -0.3 is 5.32 Å². The van der Waals surface area contributed by atoms with Crippen molar-refractivity contribution in [3.63, 3.8) is 0 Å². The Balaban J connectivity index is 1.59. The highest BCUT2D eigenvalue weighted by Crippen LogP contribution is 2.38. The second kappa shape index (κ2) is 8.57. The molecule has 32 heavy (non-hydrogen) atoms. The minimum atomic E-state index is -3.81. The maximum Gasteiger partial charge on any atom is 0.252 e. The molecule has 0 radical (unpaired) electrons. The average Bonchev–Trinajstić information content (AvgIpc) is 2.74. The normalized spacial score (nSPS) is 15.7. The Morgan fingerprint density at radius 2 is 1.97 bits per heavy atom. The molecule has 3 heterocycles. The van der Waals surface area contributed by atoms with Crippen LogP contribution in [0.1, 0.15) is 21.6 Å². The van der Waals surface area contributed by atoms with Gasteiger partial charge in [-0.25, -0.2) is 12.8 Å². The lowest BCUT2D eigenvalue weighted by atomic mass is 9.77. The summed E-state index contributed by atoms with van der Waals surface area (Å²) >= 11 is 6.19. The predicted octanol–water partition coefficient (Wildman–Crippen LogP) is 2.95. The zero-order valence-electron chi connectivity index (χ0n) is 17.1. The number of hydrogen-bond acceptors (Lipinski definition) is 5. The summed E-state index contributed by atoms with van der Waals surface area (Å²) in [5, 5.41) is 3.08. The number of nitrogens with zero attached hydrogens (tertiary/aromatic N) is 3. The number of nitrogens with one attached hydrogen (secondary N) is 1. The second-order valence-electron chi connectivity index (χ2n) is 7.74. The van der Waals surface area contributed by atoms with E-state index in [0.717, 1.165) is 5.56 Å². The van der Waals surface area contributed by atoms with Crippen LogP contribution in [0.25, 0.3) is 0 Å². The number of rotatable bonds is 6. The number of halogens is 2. The summed E-state index contributed by atoms with van der Waals surface area (Å²) in [6.07, 6.45) is 4.18. The first-order valence-electron chi connectivity index (χ1n) is 9.78. The van der Waals surface area contributed by atoms with Gasteiger partial charge in [-0.3, -0.25) is 14.8 Å². The maximum absolute atomic E-state index is 14.6. The van der Waals surface area contributed by atoms with E-state index in [0.29, 0.717) is 5.02 Å². The number of pyridine rings is 2. The molecule has 2 aromatic heterocycles. The zero-order valence-corrected chi connectivity index (χ0v) is 18.7.